The minimum absolute atomic E-state index is 0.990. The van der Waals surface area contributed by atoms with E-state index in [1.165, 1.54) is 39.1 Å². The van der Waals surface area contributed by atoms with Crippen LogP contribution >= 0.6 is 0 Å². The van der Waals surface area contributed by atoms with E-state index in [-0.39, 0.29) is 0 Å². The topological polar surface area (TPSA) is 16.8 Å². The van der Waals surface area contributed by atoms with E-state index in [1.807, 2.05) is 6.20 Å². The summed E-state index contributed by atoms with van der Waals surface area (Å²) >= 11 is 0. The molecule has 22 heavy (non-hydrogen) atoms. The minimum Gasteiger partial charge on any atom is -0.229 e. The van der Waals surface area contributed by atoms with Crippen molar-refractivity contribution >= 4 is 0 Å². The van der Waals surface area contributed by atoms with Crippen LogP contribution in [0.25, 0.3) is 22.5 Å². The van der Waals surface area contributed by atoms with Gasteiger partial charge in [-0.3, -0.25) is 0 Å². The fraction of sp³-hybridized carbons (Fsp3) is 0.200. The third kappa shape index (κ3) is 1.87. The first-order valence-electron chi connectivity index (χ1n) is 7.69. The molecule has 4 rings (SSSR count). The van der Waals surface area contributed by atoms with Crippen molar-refractivity contribution in [1.82, 2.24) is 4.98 Å². The Morgan fingerprint density at radius 1 is 0.955 bits per heavy atom. The lowest BCUT2D eigenvalue weighted by Crippen LogP contribution is -2.37. The molecule has 1 aliphatic rings. The standard InChI is InChI=1S/C20H19N2/c1-13-8-9-17-15(10-13)11-19-18(17)12-21-20(22(19)3)16-7-5-4-6-14(16)2/h4-10,12H,11H2,1-3H3/q+1. The molecule has 2 heteroatoms. The van der Waals surface area contributed by atoms with E-state index in [9.17, 15) is 0 Å². The molecule has 0 amide bonds. The van der Waals surface area contributed by atoms with Crippen molar-refractivity contribution in [1.29, 1.82) is 0 Å². The zero-order valence-electron chi connectivity index (χ0n) is 13.2. The zero-order chi connectivity index (χ0) is 15.3. The molecule has 0 spiro atoms. The van der Waals surface area contributed by atoms with Gasteiger partial charge in [0.15, 0.2) is 6.20 Å². The monoisotopic (exact) mass is 287 g/mol. The Morgan fingerprint density at radius 3 is 2.59 bits per heavy atom. The summed E-state index contributed by atoms with van der Waals surface area (Å²) in [7, 11) is 2.13. The molecule has 0 aliphatic heterocycles. The maximum atomic E-state index is 4.77. The van der Waals surface area contributed by atoms with Crippen LogP contribution in [0.3, 0.4) is 0 Å². The molecule has 108 valence electrons. The second-order valence-corrected chi connectivity index (χ2v) is 6.15. The van der Waals surface area contributed by atoms with Gasteiger partial charge in [0.05, 0.1) is 18.2 Å². The predicted octanol–water partition coefficient (Wildman–Crippen LogP) is 3.76. The van der Waals surface area contributed by atoms with Crippen molar-refractivity contribution in [2.24, 2.45) is 7.05 Å². The Morgan fingerprint density at radius 2 is 1.77 bits per heavy atom. The van der Waals surface area contributed by atoms with E-state index in [2.05, 4.69) is 67.9 Å². The van der Waals surface area contributed by atoms with E-state index in [4.69, 9.17) is 4.98 Å². The van der Waals surface area contributed by atoms with Crippen LogP contribution < -0.4 is 4.57 Å². The van der Waals surface area contributed by atoms with Gasteiger partial charge in [-0.25, -0.2) is 4.57 Å². The number of aryl methyl sites for hydroxylation is 2. The molecule has 0 unspecified atom stereocenters. The number of hydrogen-bond acceptors (Lipinski definition) is 1. The number of aromatic nitrogens is 2. The fourth-order valence-electron chi connectivity index (χ4n) is 3.42. The van der Waals surface area contributed by atoms with Gasteiger partial charge in [0, 0.05) is 6.42 Å². The van der Waals surface area contributed by atoms with Crippen LogP contribution in [0.4, 0.5) is 0 Å². The number of fused-ring (bicyclic) bond motifs is 3. The first kappa shape index (κ1) is 13.2. The van der Waals surface area contributed by atoms with Crippen LogP contribution in [0, 0.1) is 13.8 Å². The molecule has 0 atom stereocenters. The number of benzene rings is 2. The average Bonchev–Trinajstić information content (AvgIpc) is 2.87. The molecular weight excluding hydrogens is 268 g/mol. The lowest BCUT2D eigenvalue weighted by Gasteiger charge is -2.06. The molecule has 3 aromatic rings. The van der Waals surface area contributed by atoms with E-state index in [0.29, 0.717) is 0 Å². The summed E-state index contributed by atoms with van der Waals surface area (Å²) in [5.74, 6) is 1.04. The van der Waals surface area contributed by atoms with Gasteiger partial charge in [0.25, 0.3) is 0 Å². The van der Waals surface area contributed by atoms with Gasteiger partial charge in [-0.2, -0.15) is 0 Å². The fourth-order valence-corrected chi connectivity index (χ4v) is 3.42. The predicted molar refractivity (Wildman–Crippen MR) is 88.6 cm³/mol. The largest absolute Gasteiger partial charge is 0.330 e. The van der Waals surface area contributed by atoms with Crippen LogP contribution in [0.2, 0.25) is 0 Å². The molecule has 1 aromatic heterocycles. The highest BCUT2D eigenvalue weighted by atomic mass is 15.0. The van der Waals surface area contributed by atoms with Gasteiger partial charge in [-0.1, -0.05) is 42.0 Å². The summed E-state index contributed by atoms with van der Waals surface area (Å²) in [6.45, 7) is 4.29. The molecule has 2 nitrogen and oxygen atoms in total. The van der Waals surface area contributed by atoms with Gasteiger partial charge in [0.2, 0.25) is 0 Å². The van der Waals surface area contributed by atoms with Crippen molar-refractivity contribution in [3.8, 4) is 22.5 Å². The van der Waals surface area contributed by atoms with Crippen molar-refractivity contribution in [2.45, 2.75) is 20.3 Å². The van der Waals surface area contributed by atoms with Crippen LogP contribution in [-0.4, -0.2) is 4.98 Å². The van der Waals surface area contributed by atoms with Crippen molar-refractivity contribution in [3.63, 3.8) is 0 Å². The van der Waals surface area contributed by atoms with Crippen LogP contribution in [0.1, 0.15) is 22.4 Å². The molecule has 0 bridgehead atoms. The van der Waals surface area contributed by atoms with Crippen molar-refractivity contribution < 1.29 is 4.57 Å². The molecule has 0 saturated carbocycles. The van der Waals surface area contributed by atoms with Crippen molar-refractivity contribution in [2.75, 3.05) is 0 Å². The van der Waals surface area contributed by atoms with Gasteiger partial charge < -0.3 is 0 Å². The average molecular weight is 287 g/mol. The Kier molecular flexibility index (Phi) is 2.86. The normalized spacial score (nSPS) is 12.1. The smallest absolute Gasteiger partial charge is 0.229 e. The Hall–Kier alpha value is -2.48. The highest BCUT2D eigenvalue weighted by molar-refractivity contribution is 5.74. The van der Waals surface area contributed by atoms with Crippen LogP contribution in [0.15, 0.2) is 48.7 Å². The summed E-state index contributed by atoms with van der Waals surface area (Å²) in [6, 6.07) is 15.1. The van der Waals surface area contributed by atoms with Crippen LogP contribution in [-0.2, 0) is 13.5 Å². The highest BCUT2D eigenvalue weighted by Gasteiger charge is 2.28. The third-order valence-electron chi connectivity index (χ3n) is 4.64. The summed E-state index contributed by atoms with van der Waals surface area (Å²) in [6.07, 6.45) is 3.03. The highest BCUT2D eigenvalue weighted by Crippen LogP contribution is 2.35. The van der Waals surface area contributed by atoms with Gasteiger partial charge >= 0.3 is 5.82 Å². The summed E-state index contributed by atoms with van der Waals surface area (Å²) < 4.78 is 2.26. The summed E-state index contributed by atoms with van der Waals surface area (Å²) in [5.41, 5.74) is 9.16. The second kappa shape index (κ2) is 4.77. The lowest BCUT2D eigenvalue weighted by atomic mass is 10.1. The number of nitrogens with zero attached hydrogens (tertiary/aromatic N) is 2. The Labute approximate surface area is 131 Å². The third-order valence-corrected chi connectivity index (χ3v) is 4.64. The first-order chi connectivity index (χ1) is 10.6. The minimum atomic E-state index is 0.990. The van der Waals surface area contributed by atoms with Gasteiger partial charge in [-0.05, 0) is 41.6 Å². The summed E-state index contributed by atoms with van der Waals surface area (Å²) in [4.78, 5) is 4.77. The van der Waals surface area contributed by atoms with E-state index >= 15 is 0 Å². The first-order valence-corrected chi connectivity index (χ1v) is 7.69. The number of rotatable bonds is 1. The molecule has 0 N–H and O–H groups in total. The number of hydrogen-bond donors (Lipinski definition) is 0. The SMILES string of the molecule is Cc1ccc2c(c1)Cc1c-2cnc(-c2ccccc2C)[n+]1C. The molecule has 1 aliphatic carbocycles. The van der Waals surface area contributed by atoms with E-state index in [1.54, 1.807) is 0 Å². The van der Waals surface area contributed by atoms with Gasteiger partial charge in [-0.15, -0.1) is 0 Å². The Balaban J connectivity index is 1.91. The van der Waals surface area contributed by atoms with Gasteiger partial charge in [0.1, 0.15) is 5.69 Å². The van der Waals surface area contributed by atoms with Crippen molar-refractivity contribution in [3.05, 3.63) is 71.0 Å². The molecule has 2 aromatic carbocycles. The quantitative estimate of drug-likeness (QED) is 0.487. The second-order valence-electron chi connectivity index (χ2n) is 6.15. The maximum absolute atomic E-state index is 4.77. The molecule has 0 saturated heterocycles. The maximum Gasteiger partial charge on any atom is 0.330 e. The zero-order valence-corrected chi connectivity index (χ0v) is 13.2. The molecule has 0 fully saturated rings. The molecule has 1 heterocycles. The summed E-state index contributed by atoms with van der Waals surface area (Å²) in [5, 5.41) is 0. The lowest BCUT2D eigenvalue weighted by molar-refractivity contribution is -0.669. The molecular formula is C20H19N2+. The molecule has 0 radical (unpaired) electrons. The Bertz CT molecular complexity index is 894. The van der Waals surface area contributed by atoms with E-state index in [0.717, 1.165) is 12.2 Å². The van der Waals surface area contributed by atoms with E-state index < -0.39 is 0 Å². The van der Waals surface area contributed by atoms with Crippen LogP contribution in [0.5, 0.6) is 0 Å².